The van der Waals surface area contributed by atoms with E-state index < -0.39 is 0 Å². The van der Waals surface area contributed by atoms with E-state index in [1.165, 1.54) is 19.1 Å². The van der Waals surface area contributed by atoms with Gasteiger partial charge < -0.3 is 15.2 Å². The zero-order chi connectivity index (χ0) is 14.0. The largest absolute Gasteiger partial charge is 0.493 e. The normalized spacial score (nSPS) is 14.6. The number of nitrogens with two attached hydrogens (primary N) is 1. The number of anilines is 1. The molecule has 1 aromatic rings. The summed E-state index contributed by atoms with van der Waals surface area (Å²) >= 11 is 0. The molecule has 98 valence electrons. The quantitative estimate of drug-likeness (QED) is 0.879. The van der Waals surface area contributed by atoms with Crippen molar-refractivity contribution in [3.8, 4) is 17.6 Å². The molecular formula is C13H13N3O3. The first-order valence-corrected chi connectivity index (χ1v) is 5.56. The lowest BCUT2D eigenvalue weighted by Gasteiger charge is -2.19. The molecule has 19 heavy (non-hydrogen) atoms. The van der Waals surface area contributed by atoms with Crippen molar-refractivity contribution in [2.45, 2.75) is 6.42 Å². The summed E-state index contributed by atoms with van der Waals surface area (Å²) in [5.41, 5.74) is 6.63. The van der Waals surface area contributed by atoms with Gasteiger partial charge in [0.1, 0.15) is 5.82 Å². The Labute approximate surface area is 110 Å². The molecule has 1 aliphatic rings. The Morgan fingerprint density at radius 1 is 1.32 bits per heavy atom. The molecule has 6 heteroatoms. The first-order chi connectivity index (χ1) is 9.12. The van der Waals surface area contributed by atoms with Crippen LogP contribution in [0.2, 0.25) is 0 Å². The van der Waals surface area contributed by atoms with Crippen molar-refractivity contribution in [2.75, 3.05) is 19.1 Å². The van der Waals surface area contributed by atoms with Gasteiger partial charge in [-0.2, -0.15) is 5.26 Å². The number of hydrogen-bond acceptors (Lipinski definition) is 5. The van der Waals surface area contributed by atoms with Gasteiger partial charge in [0, 0.05) is 6.07 Å². The van der Waals surface area contributed by atoms with Gasteiger partial charge >= 0.3 is 0 Å². The van der Waals surface area contributed by atoms with Gasteiger partial charge in [0.15, 0.2) is 11.5 Å². The average Bonchev–Trinajstić information content (AvgIpc) is 2.72. The monoisotopic (exact) mass is 259 g/mol. The summed E-state index contributed by atoms with van der Waals surface area (Å²) in [6.45, 7) is 0. The lowest BCUT2D eigenvalue weighted by molar-refractivity contribution is -0.116. The van der Waals surface area contributed by atoms with E-state index in [-0.39, 0.29) is 23.7 Å². The van der Waals surface area contributed by atoms with Crippen molar-refractivity contribution in [3.05, 3.63) is 29.6 Å². The summed E-state index contributed by atoms with van der Waals surface area (Å²) in [6.07, 6.45) is 0.0245. The molecule has 1 heterocycles. The molecule has 0 unspecified atom stereocenters. The highest BCUT2D eigenvalue weighted by Gasteiger charge is 2.30. The minimum absolute atomic E-state index is 0.0245. The molecule has 2 rings (SSSR count). The van der Waals surface area contributed by atoms with E-state index in [1.807, 2.05) is 6.07 Å². The zero-order valence-electron chi connectivity index (χ0n) is 10.6. The van der Waals surface area contributed by atoms with Gasteiger partial charge in [0.05, 0.1) is 38.0 Å². The molecule has 0 bridgehead atoms. The zero-order valence-corrected chi connectivity index (χ0v) is 10.6. The third kappa shape index (κ3) is 2.06. The van der Waals surface area contributed by atoms with Crippen molar-refractivity contribution in [3.63, 3.8) is 0 Å². The highest BCUT2D eigenvalue weighted by atomic mass is 16.5. The topological polar surface area (TPSA) is 88.6 Å². The summed E-state index contributed by atoms with van der Waals surface area (Å²) in [7, 11) is 3.04. The summed E-state index contributed by atoms with van der Waals surface area (Å²) in [6, 6.07) is 6.94. The van der Waals surface area contributed by atoms with Crippen LogP contribution in [0.3, 0.4) is 0 Å². The second kappa shape index (κ2) is 4.90. The molecule has 0 radical (unpaired) electrons. The van der Waals surface area contributed by atoms with Crippen LogP contribution in [0.25, 0.3) is 0 Å². The van der Waals surface area contributed by atoms with Crippen LogP contribution >= 0.6 is 0 Å². The van der Waals surface area contributed by atoms with Crippen LogP contribution in [0, 0.1) is 11.3 Å². The predicted molar refractivity (Wildman–Crippen MR) is 68.5 cm³/mol. The Balaban J connectivity index is 2.46. The Hall–Kier alpha value is -2.68. The third-order valence-corrected chi connectivity index (χ3v) is 2.89. The minimum Gasteiger partial charge on any atom is -0.493 e. The summed E-state index contributed by atoms with van der Waals surface area (Å²) in [5, 5.41) is 8.89. The number of benzene rings is 1. The molecule has 1 aromatic carbocycles. The van der Waals surface area contributed by atoms with E-state index in [0.29, 0.717) is 17.2 Å². The highest BCUT2D eigenvalue weighted by Crippen LogP contribution is 2.34. The van der Waals surface area contributed by atoms with Crippen molar-refractivity contribution >= 4 is 11.6 Å². The van der Waals surface area contributed by atoms with E-state index in [0.717, 1.165) is 0 Å². The van der Waals surface area contributed by atoms with Crippen LogP contribution in [0.4, 0.5) is 5.69 Å². The van der Waals surface area contributed by atoms with Gasteiger partial charge in [-0.05, 0) is 12.1 Å². The lowest BCUT2D eigenvalue weighted by Crippen LogP contribution is -2.28. The van der Waals surface area contributed by atoms with E-state index in [1.54, 1.807) is 18.2 Å². The Kier molecular flexibility index (Phi) is 3.29. The number of rotatable bonds is 3. The molecule has 2 N–H and O–H groups in total. The lowest BCUT2D eigenvalue weighted by atomic mass is 10.2. The summed E-state index contributed by atoms with van der Waals surface area (Å²) < 4.78 is 10.3. The molecule has 0 saturated heterocycles. The fourth-order valence-electron chi connectivity index (χ4n) is 1.93. The predicted octanol–water partition coefficient (Wildman–Crippen LogP) is 1.13. The number of ether oxygens (including phenoxy) is 2. The maximum absolute atomic E-state index is 11.9. The maximum Gasteiger partial charge on any atom is 0.238 e. The Bertz CT molecular complexity index is 602. The molecule has 0 aromatic heterocycles. The third-order valence-electron chi connectivity index (χ3n) is 2.89. The second-order valence-electron chi connectivity index (χ2n) is 3.92. The van der Waals surface area contributed by atoms with Crippen molar-refractivity contribution < 1.29 is 14.3 Å². The number of carbonyl (C=O) groups excluding carboxylic acids is 1. The van der Waals surface area contributed by atoms with Crippen molar-refractivity contribution in [1.29, 1.82) is 5.26 Å². The standard InChI is InChI=1S/C13H13N3O3/c1-18-10-4-3-9(6-11(10)19-2)16-12(17)5-8(7-14)13(16)15/h3-4,6H,5,15H2,1-2H3. The Morgan fingerprint density at radius 3 is 2.53 bits per heavy atom. The fraction of sp³-hybridized carbons (Fsp3) is 0.231. The molecule has 0 saturated carbocycles. The molecule has 1 aliphatic heterocycles. The maximum atomic E-state index is 11.9. The summed E-state index contributed by atoms with van der Waals surface area (Å²) in [4.78, 5) is 13.2. The number of nitrogens with zero attached hydrogens (tertiary/aromatic N) is 2. The van der Waals surface area contributed by atoms with Gasteiger partial charge in [-0.25, -0.2) is 0 Å². The van der Waals surface area contributed by atoms with Gasteiger partial charge in [0.25, 0.3) is 0 Å². The molecule has 0 fully saturated rings. The first-order valence-electron chi connectivity index (χ1n) is 5.56. The minimum atomic E-state index is -0.235. The number of methoxy groups -OCH3 is 2. The first kappa shape index (κ1) is 12.8. The van der Waals surface area contributed by atoms with Crippen molar-refractivity contribution in [1.82, 2.24) is 0 Å². The van der Waals surface area contributed by atoms with E-state index in [9.17, 15) is 4.79 Å². The molecule has 1 amide bonds. The van der Waals surface area contributed by atoms with Gasteiger partial charge in [-0.1, -0.05) is 0 Å². The SMILES string of the molecule is COc1ccc(N2C(=O)CC(C#N)=C2N)cc1OC. The number of carbonyl (C=O) groups is 1. The molecule has 0 spiro atoms. The molecule has 0 atom stereocenters. The van der Waals surface area contributed by atoms with E-state index in [2.05, 4.69) is 0 Å². The van der Waals surface area contributed by atoms with Crippen LogP contribution in [-0.2, 0) is 4.79 Å². The van der Waals surface area contributed by atoms with Gasteiger partial charge in [-0.15, -0.1) is 0 Å². The van der Waals surface area contributed by atoms with Crippen LogP contribution < -0.4 is 20.1 Å². The van der Waals surface area contributed by atoms with Crippen LogP contribution in [0.5, 0.6) is 11.5 Å². The number of amides is 1. The number of hydrogen-bond donors (Lipinski definition) is 1. The van der Waals surface area contributed by atoms with Crippen LogP contribution in [0.15, 0.2) is 29.6 Å². The number of nitriles is 1. The van der Waals surface area contributed by atoms with E-state index >= 15 is 0 Å². The fourth-order valence-corrected chi connectivity index (χ4v) is 1.93. The molecule has 0 aliphatic carbocycles. The average molecular weight is 259 g/mol. The summed E-state index contributed by atoms with van der Waals surface area (Å²) in [5.74, 6) is 0.980. The van der Waals surface area contributed by atoms with Gasteiger partial charge in [0.2, 0.25) is 5.91 Å². The van der Waals surface area contributed by atoms with Crippen LogP contribution in [-0.4, -0.2) is 20.1 Å². The second-order valence-corrected chi connectivity index (χ2v) is 3.92. The molecule has 6 nitrogen and oxygen atoms in total. The smallest absolute Gasteiger partial charge is 0.238 e. The van der Waals surface area contributed by atoms with Crippen LogP contribution in [0.1, 0.15) is 6.42 Å². The molecular weight excluding hydrogens is 246 g/mol. The highest BCUT2D eigenvalue weighted by molar-refractivity contribution is 6.02. The van der Waals surface area contributed by atoms with Crippen molar-refractivity contribution in [2.24, 2.45) is 5.73 Å². The van der Waals surface area contributed by atoms with E-state index in [4.69, 9.17) is 20.5 Å². The van der Waals surface area contributed by atoms with Gasteiger partial charge in [-0.3, -0.25) is 9.69 Å². The Morgan fingerprint density at radius 2 is 2.00 bits per heavy atom.